The second kappa shape index (κ2) is 11.1. The molecular formula is C21H26N2O3. The Morgan fingerprint density at radius 3 is 1.85 bits per heavy atom. The quantitative estimate of drug-likeness (QED) is 0.477. The summed E-state index contributed by atoms with van der Waals surface area (Å²) in [5.74, 6) is -1.25. The Bertz CT molecular complexity index is 635. The fraction of sp³-hybridized carbons (Fsp3) is 0.333. The Hall–Kier alpha value is -2.66. The van der Waals surface area contributed by atoms with Crippen LogP contribution in [0.3, 0.4) is 0 Å². The molecule has 26 heavy (non-hydrogen) atoms. The van der Waals surface area contributed by atoms with Gasteiger partial charge in [0.2, 0.25) is 0 Å². The van der Waals surface area contributed by atoms with Crippen LogP contribution in [0, 0.1) is 0 Å². The third-order valence-electron chi connectivity index (χ3n) is 4.20. The van der Waals surface area contributed by atoms with E-state index in [1.54, 1.807) is 0 Å². The highest BCUT2D eigenvalue weighted by atomic mass is 16.3. The number of amides is 2. The van der Waals surface area contributed by atoms with Crippen LogP contribution in [-0.4, -0.2) is 36.6 Å². The van der Waals surface area contributed by atoms with Crippen molar-refractivity contribution in [1.29, 1.82) is 0 Å². The Morgan fingerprint density at radius 2 is 1.31 bits per heavy atom. The fourth-order valence-corrected chi connectivity index (χ4v) is 2.77. The molecule has 0 heterocycles. The van der Waals surface area contributed by atoms with E-state index >= 15 is 0 Å². The molecule has 2 amide bonds. The molecule has 0 aliphatic carbocycles. The minimum atomic E-state index is -0.621. The number of nitrogens with one attached hydrogen (secondary N) is 2. The molecule has 5 nitrogen and oxygen atoms in total. The first kappa shape index (κ1) is 19.7. The van der Waals surface area contributed by atoms with Gasteiger partial charge in [-0.3, -0.25) is 9.59 Å². The van der Waals surface area contributed by atoms with E-state index in [0.29, 0.717) is 19.5 Å². The SMILES string of the molecule is O=C(NCCCCCO)C(=O)NCC(c1ccccc1)c1ccccc1. The van der Waals surface area contributed by atoms with E-state index < -0.39 is 11.8 Å². The van der Waals surface area contributed by atoms with Crippen molar-refractivity contribution >= 4 is 11.8 Å². The molecule has 2 rings (SSSR count). The topological polar surface area (TPSA) is 78.4 Å². The number of aliphatic hydroxyl groups is 1. The molecule has 0 fully saturated rings. The number of benzene rings is 2. The van der Waals surface area contributed by atoms with E-state index in [-0.39, 0.29) is 12.5 Å². The molecule has 2 aromatic carbocycles. The molecule has 0 aliphatic heterocycles. The summed E-state index contributed by atoms with van der Waals surface area (Å²) in [6.07, 6.45) is 2.27. The summed E-state index contributed by atoms with van der Waals surface area (Å²) in [7, 11) is 0. The van der Waals surface area contributed by atoms with Crippen LogP contribution in [0.25, 0.3) is 0 Å². The lowest BCUT2D eigenvalue weighted by Crippen LogP contribution is -2.41. The fourth-order valence-electron chi connectivity index (χ4n) is 2.77. The first-order valence-electron chi connectivity index (χ1n) is 8.99. The highest BCUT2D eigenvalue weighted by Crippen LogP contribution is 2.23. The van der Waals surface area contributed by atoms with Gasteiger partial charge in [0.05, 0.1) is 0 Å². The van der Waals surface area contributed by atoms with E-state index in [2.05, 4.69) is 10.6 Å². The monoisotopic (exact) mass is 354 g/mol. The average Bonchev–Trinajstić information content (AvgIpc) is 2.69. The van der Waals surface area contributed by atoms with Crippen molar-refractivity contribution in [2.24, 2.45) is 0 Å². The van der Waals surface area contributed by atoms with E-state index in [0.717, 1.165) is 24.0 Å². The van der Waals surface area contributed by atoms with Crippen LogP contribution < -0.4 is 10.6 Å². The van der Waals surface area contributed by atoms with Crippen molar-refractivity contribution in [2.45, 2.75) is 25.2 Å². The van der Waals surface area contributed by atoms with E-state index in [1.807, 2.05) is 60.7 Å². The molecule has 0 saturated heterocycles. The number of carbonyl (C=O) groups excluding carboxylic acids is 2. The Kier molecular flexibility index (Phi) is 8.36. The van der Waals surface area contributed by atoms with Gasteiger partial charge in [-0.2, -0.15) is 0 Å². The van der Waals surface area contributed by atoms with Crippen LogP contribution in [0.4, 0.5) is 0 Å². The molecule has 138 valence electrons. The number of hydrogen-bond acceptors (Lipinski definition) is 3. The summed E-state index contributed by atoms with van der Waals surface area (Å²) in [6, 6.07) is 19.8. The average molecular weight is 354 g/mol. The number of aliphatic hydroxyl groups excluding tert-OH is 1. The predicted octanol–water partition coefficient (Wildman–Crippen LogP) is 2.21. The summed E-state index contributed by atoms with van der Waals surface area (Å²) < 4.78 is 0. The Morgan fingerprint density at radius 1 is 0.769 bits per heavy atom. The first-order chi connectivity index (χ1) is 12.7. The van der Waals surface area contributed by atoms with Gasteiger partial charge in [0.15, 0.2) is 0 Å². The minimum Gasteiger partial charge on any atom is -0.396 e. The second-order valence-electron chi connectivity index (χ2n) is 6.12. The van der Waals surface area contributed by atoms with Crippen LogP contribution in [0.2, 0.25) is 0 Å². The van der Waals surface area contributed by atoms with Crippen molar-refractivity contribution < 1.29 is 14.7 Å². The van der Waals surface area contributed by atoms with Gasteiger partial charge in [-0.1, -0.05) is 60.7 Å². The van der Waals surface area contributed by atoms with E-state index in [9.17, 15) is 9.59 Å². The van der Waals surface area contributed by atoms with Crippen molar-refractivity contribution in [2.75, 3.05) is 19.7 Å². The van der Waals surface area contributed by atoms with Crippen LogP contribution in [0.5, 0.6) is 0 Å². The predicted molar refractivity (Wildman–Crippen MR) is 102 cm³/mol. The van der Waals surface area contributed by atoms with Crippen molar-refractivity contribution in [3.8, 4) is 0 Å². The first-order valence-corrected chi connectivity index (χ1v) is 8.99. The van der Waals surface area contributed by atoms with Crippen LogP contribution in [0.1, 0.15) is 36.3 Å². The maximum absolute atomic E-state index is 12.1. The number of hydrogen-bond donors (Lipinski definition) is 3. The molecule has 0 spiro atoms. The molecule has 5 heteroatoms. The van der Waals surface area contributed by atoms with Crippen LogP contribution in [0.15, 0.2) is 60.7 Å². The summed E-state index contributed by atoms with van der Waals surface area (Å²) in [6.45, 7) is 0.937. The lowest BCUT2D eigenvalue weighted by atomic mass is 9.91. The molecule has 2 aromatic rings. The number of carbonyl (C=O) groups is 2. The minimum absolute atomic E-state index is 0.0151. The molecule has 0 unspecified atom stereocenters. The molecule has 0 aliphatic rings. The summed E-state index contributed by atoms with van der Waals surface area (Å²) in [5, 5.41) is 14.1. The van der Waals surface area contributed by atoms with Crippen LogP contribution >= 0.6 is 0 Å². The maximum Gasteiger partial charge on any atom is 0.309 e. The summed E-state index contributed by atoms with van der Waals surface area (Å²) >= 11 is 0. The number of rotatable bonds is 9. The normalized spacial score (nSPS) is 10.5. The lowest BCUT2D eigenvalue weighted by Gasteiger charge is -2.18. The second-order valence-corrected chi connectivity index (χ2v) is 6.12. The van der Waals surface area contributed by atoms with Gasteiger partial charge < -0.3 is 15.7 Å². The molecule has 0 aromatic heterocycles. The van der Waals surface area contributed by atoms with Crippen LogP contribution in [-0.2, 0) is 9.59 Å². The van der Waals surface area contributed by atoms with E-state index in [1.165, 1.54) is 0 Å². The molecule has 0 atom stereocenters. The Balaban J connectivity index is 1.91. The van der Waals surface area contributed by atoms with Gasteiger partial charge in [-0.15, -0.1) is 0 Å². The largest absolute Gasteiger partial charge is 0.396 e. The maximum atomic E-state index is 12.1. The van der Waals surface area contributed by atoms with Gasteiger partial charge in [0, 0.05) is 25.6 Å². The van der Waals surface area contributed by atoms with Crippen molar-refractivity contribution in [3.05, 3.63) is 71.8 Å². The lowest BCUT2D eigenvalue weighted by molar-refractivity contribution is -0.139. The number of unbranched alkanes of at least 4 members (excludes halogenated alkanes) is 2. The Labute approximate surface area is 154 Å². The van der Waals surface area contributed by atoms with Gasteiger partial charge in [0.25, 0.3) is 0 Å². The summed E-state index contributed by atoms with van der Waals surface area (Å²) in [5.41, 5.74) is 2.17. The zero-order valence-electron chi connectivity index (χ0n) is 14.9. The standard InChI is InChI=1S/C21H26N2O3/c24-15-9-3-8-14-22-20(25)21(26)23-16-19(17-10-4-1-5-11-17)18-12-6-2-7-13-18/h1-2,4-7,10-13,19,24H,3,8-9,14-16H2,(H,22,25)(H,23,26). The third-order valence-corrected chi connectivity index (χ3v) is 4.20. The van der Waals surface area contributed by atoms with Gasteiger partial charge >= 0.3 is 11.8 Å². The molecule has 0 bridgehead atoms. The third kappa shape index (κ3) is 6.33. The molecule has 3 N–H and O–H groups in total. The highest BCUT2D eigenvalue weighted by molar-refractivity contribution is 6.35. The van der Waals surface area contributed by atoms with E-state index in [4.69, 9.17) is 5.11 Å². The highest BCUT2D eigenvalue weighted by Gasteiger charge is 2.18. The zero-order valence-corrected chi connectivity index (χ0v) is 14.9. The van der Waals surface area contributed by atoms with Crippen molar-refractivity contribution in [3.63, 3.8) is 0 Å². The smallest absolute Gasteiger partial charge is 0.309 e. The van der Waals surface area contributed by atoms with Gasteiger partial charge in [-0.25, -0.2) is 0 Å². The molecule has 0 radical (unpaired) electrons. The summed E-state index contributed by atoms with van der Waals surface area (Å²) in [4.78, 5) is 24.0. The zero-order chi connectivity index (χ0) is 18.6. The van der Waals surface area contributed by atoms with Gasteiger partial charge in [-0.05, 0) is 30.4 Å². The van der Waals surface area contributed by atoms with Crippen molar-refractivity contribution in [1.82, 2.24) is 10.6 Å². The molecular weight excluding hydrogens is 328 g/mol. The van der Waals surface area contributed by atoms with Gasteiger partial charge in [0.1, 0.15) is 0 Å². The molecule has 0 saturated carbocycles.